The Hall–Kier alpha value is -4.12. The van der Waals surface area contributed by atoms with Crippen LogP contribution in [0.15, 0.2) is 53.8 Å². The number of phenols is 1. The summed E-state index contributed by atoms with van der Waals surface area (Å²) >= 11 is 3.51. The first-order valence-electron chi connectivity index (χ1n) is 13.9. The zero-order valence-electron chi connectivity index (χ0n) is 22.3. The van der Waals surface area contributed by atoms with E-state index in [2.05, 4.69) is 38.5 Å². The molecule has 10 nitrogen and oxygen atoms in total. The van der Waals surface area contributed by atoms with E-state index in [1.807, 2.05) is 18.2 Å². The lowest BCUT2D eigenvalue weighted by molar-refractivity contribution is -0.127. The molecule has 4 aromatic rings. The van der Waals surface area contributed by atoms with Crippen molar-refractivity contribution in [1.82, 2.24) is 29.5 Å². The van der Waals surface area contributed by atoms with Crippen LogP contribution in [0.3, 0.4) is 0 Å². The fourth-order valence-corrected chi connectivity index (χ4v) is 6.66. The number of halogens is 1. The lowest BCUT2D eigenvalue weighted by Crippen LogP contribution is -2.48. The van der Waals surface area contributed by atoms with Gasteiger partial charge in [0.2, 0.25) is 11.8 Å². The van der Waals surface area contributed by atoms with Gasteiger partial charge in [-0.15, -0.1) is 5.10 Å². The summed E-state index contributed by atoms with van der Waals surface area (Å²) in [5.74, 6) is 0.661. The number of nitrogens with zero attached hydrogens (tertiary/aromatic N) is 5. The Labute approximate surface area is 244 Å². The molecule has 1 fully saturated rings. The molecule has 2 N–H and O–H groups in total. The van der Waals surface area contributed by atoms with Crippen molar-refractivity contribution in [2.45, 2.75) is 37.6 Å². The Morgan fingerprint density at radius 3 is 2.80 bits per heavy atom. The maximum Gasteiger partial charge on any atom is 0.256 e. The third-order valence-corrected chi connectivity index (χ3v) is 9.23. The molecule has 1 saturated carbocycles. The Kier molecular flexibility index (Phi) is 6.33. The largest absolute Gasteiger partial charge is 0.506 e. The summed E-state index contributed by atoms with van der Waals surface area (Å²) in [5.41, 5.74) is 5.13. The van der Waals surface area contributed by atoms with Gasteiger partial charge in [-0.05, 0) is 70.6 Å². The number of aromatic hydroxyl groups is 1. The fourth-order valence-electron chi connectivity index (χ4n) is 6.22. The molecule has 1 unspecified atom stereocenters. The van der Waals surface area contributed by atoms with E-state index in [1.54, 1.807) is 26.9 Å². The van der Waals surface area contributed by atoms with Crippen molar-refractivity contribution in [3.63, 3.8) is 0 Å². The molecule has 4 heterocycles. The van der Waals surface area contributed by atoms with E-state index in [9.17, 15) is 14.7 Å². The van der Waals surface area contributed by atoms with Gasteiger partial charge in [-0.3, -0.25) is 9.59 Å². The van der Waals surface area contributed by atoms with Crippen molar-refractivity contribution in [2.75, 3.05) is 26.2 Å². The topological polar surface area (TPSA) is 117 Å². The predicted molar refractivity (Wildman–Crippen MR) is 155 cm³/mol. The van der Waals surface area contributed by atoms with Crippen LogP contribution in [0.5, 0.6) is 11.6 Å². The van der Waals surface area contributed by atoms with E-state index in [4.69, 9.17) is 9.84 Å². The van der Waals surface area contributed by atoms with Crippen molar-refractivity contribution in [3.8, 4) is 17.3 Å². The third-order valence-electron chi connectivity index (χ3n) is 8.59. The van der Waals surface area contributed by atoms with Gasteiger partial charge in [0.1, 0.15) is 23.6 Å². The average Bonchev–Trinajstić information content (AvgIpc) is 3.56. The lowest BCUT2D eigenvalue weighted by atomic mass is 9.80. The number of ether oxygens (including phenoxy) is 1. The number of nitrogens with one attached hydrogen (secondary N) is 1. The predicted octanol–water partition coefficient (Wildman–Crippen LogP) is 4.63. The van der Waals surface area contributed by atoms with E-state index in [0.717, 1.165) is 34.1 Å². The van der Waals surface area contributed by atoms with Crippen molar-refractivity contribution < 1.29 is 19.4 Å². The van der Waals surface area contributed by atoms with Gasteiger partial charge in [0.05, 0.1) is 41.3 Å². The van der Waals surface area contributed by atoms with Gasteiger partial charge in [-0.25, -0.2) is 9.67 Å². The normalized spacial score (nSPS) is 18.7. The summed E-state index contributed by atoms with van der Waals surface area (Å²) in [6.07, 6.45) is 6.85. The zero-order valence-corrected chi connectivity index (χ0v) is 23.9. The Bertz CT molecular complexity index is 1710. The summed E-state index contributed by atoms with van der Waals surface area (Å²) in [5, 5.41) is 15.9. The molecule has 41 heavy (non-hydrogen) atoms. The molecule has 11 heteroatoms. The summed E-state index contributed by atoms with van der Waals surface area (Å²) in [6, 6.07) is 8.90. The molecule has 2 amide bonds. The second-order valence-corrected chi connectivity index (χ2v) is 11.6. The van der Waals surface area contributed by atoms with Gasteiger partial charge in [0, 0.05) is 24.0 Å². The number of phenolic OH excluding ortho intramolecular Hbond substituents is 1. The average molecular weight is 618 g/mol. The molecular weight excluding hydrogens is 588 g/mol. The molecule has 0 bridgehead atoms. The fraction of sp³-hybridized carbons (Fsp3) is 0.333. The number of rotatable bonds is 4. The van der Waals surface area contributed by atoms with Crippen LogP contribution in [0, 0.1) is 0 Å². The first-order chi connectivity index (χ1) is 19.9. The molecule has 2 aromatic carbocycles. The van der Waals surface area contributed by atoms with Gasteiger partial charge in [-0.2, -0.15) is 0 Å². The first-order valence-corrected chi connectivity index (χ1v) is 14.7. The molecule has 1 atom stereocenters. The van der Waals surface area contributed by atoms with Gasteiger partial charge in [0.25, 0.3) is 5.91 Å². The van der Waals surface area contributed by atoms with Crippen LogP contribution >= 0.6 is 15.9 Å². The molecule has 7 rings (SSSR count). The number of hydrogen-bond donors (Lipinski definition) is 2. The minimum absolute atomic E-state index is 0.163. The number of fused-ring (bicyclic) bond motifs is 1. The summed E-state index contributed by atoms with van der Waals surface area (Å²) in [6.45, 7) is 4.90. The Balaban J connectivity index is 1.33. The van der Waals surface area contributed by atoms with Crippen molar-refractivity contribution in [1.29, 1.82) is 0 Å². The van der Waals surface area contributed by atoms with Gasteiger partial charge in [-0.1, -0.05) is 19.1 Å². The third kappa shape index (κ3) is 4.21. The van der Waals surface area contributed by atoms with Gasteiger partial charge in [0.15, 0.2) is 0 Å². The molecule has 0 spiro atoms. The monoisotopic (exact) mass is 616 g/mol. The maximum absolute atomic E-state index is 14.2. The number of hydrogen-bond acceptors (Lipinski definition) is 6. The van der Waals surface area contributed by atoms with Crippen LogP contribution in [0.25, 0.3) is 16.7 Å². The number of amides is 2. The number of carbonyl (C=O) groups is 2. The SMILES string of the molecule is C=CC(=O)N1CCOc2nn(-c3ccc(C4CCC4)cc3O)c3c2C(C1)N(C(=O)c1ccc(Br)c2nc[nH]c12)CC3. The molecular formula is C30H29BrN6O4. The quantitative estimate of drug-likeness (QED) is 0.323. The smallest absolute Gasteiger partial charge is 0.256 e. The van der Waals surface area contributed by atoms with Crippen LogP contribution in [0.2, 0.25) is 0 Å². The highest BCUT2D eigenvalue weighted by molar-refractivity contribution is 9.10. The number of carbonyl (C=O) groups excluding carboxylic acids is 2. The van der Waals surface area contributed by atoms with Crippen LogP contribution < -0.4 is 4.74 Å². The summed E-state index contributed by atoms with van der Waals surface area (Å²) < 4.78 is 8.67. The highest BCUT2D eigenvalue weighted by Gasteiger charge is 2.41. The van der Waals surface area contributed by atoms with Crippen molar-refractivity contribution in [3.05, 3.63) is 76.2 Å². The van der Waals surface area contributed by atoms with Crippen LogP contribution in [-0.4, -0.2) is 72.7 Å². The summed E-state index contributed by atoms with van der Waals surface area (Å²) in [4.78, 5) is 37.9. The highest BCUT2D eigenvalue weighted by atomic mass is 79.9. The van der Waals surface area contributed by atoms with Crippen LogP contribution in [0.1, 0.15) is 58.4 Å². The molecule has 2 aromatic heterocycles. The number of H-pyrrole nitrogens is 1. The highest BCUT2D eigenvalue weighted by Crippen LogP contribution is 2.43. The number of benzene rings is 2. The zero-order chi connectivity index (χ0) is 28.2. The number of imidazole rings is 1. The molecule has 3 aliphatic rings. The number of aromatic nitrogens is 4. The summed E-state index contributed by atoms with van der Waals surface area (Å²) in [7, 11) is 0. The van der Waals surface area contributed by atoms with Gasteiger partial charge < -0.3 is 24.6 Å². The van der Waals surface area contributed by atoms with Crippen LogP contribution in [0.4, 0.5) is 0 Å². The Morgan fingerprint density at radius 2 is 2.05 bits per heavy atom. The van der Waals surface area contributed by atoms with E-state index in [1.165, 1.54) is 12.5 Å². The van der Waals surface area contributed by atoms with Crippen molar-refractivity contribution >= 4 is 38.8 Å². The first kappa shape index (κ1) is 25.8. The van der Waals surface area contributed by atoms with E-state index in [-0.39, 0.29) is 30.7 Å². The maximum atomic E-state index is 14.2. The lowest BCUT2D eigenvalue weighted by Gasteiger charge is -2.40. The van der Waals surface area contributed by atoms with Crippen molar-refractivity contribution in [2.24, 2.45) is 0 Å². The molecule has 1 aliphatic carbocycles. The van der Waals surface area contributed by atoms with Gasteiger partial charge >= 0.3 is 0 Å². The molecule has 210 valence electrons. The minimum Gasteiger partial charge on any atom is -0.506 e. The van der Waals surface area contributed by atoms with E-state index in [0.29, 0.717) is 53.6 Å². The molecule has 2 aliphatic heterocycles. The molecule has 0 radical (unpaired) electrons. The molecule has 0 saturated heterocycles. The standard InChI is InChI=1S/C30H29BrN6O4/c1-2-25(39)35-12-13-41-29-26-22(37(34-29)21-9-6-18(14-24(21)38)17-4-3-5-17)10-11-36(23(26)15-35)30(40)19-7-8-20(31)28-27(19)32-16-33-28/h2,6-9,14,16-17,23,38H,1,3-5,10-13,15H2,(H,32,33). The second kappa shape index (κ2) is 10.1. The second-order valence-electron chi connectivity index (χ2n) is 10.8. The number of aromatic amines is 1. The van der Waals surface area contributed by atoms with Crippen LogP contribution in [-0.2, 0) is 11.2 Å². The van der Waals surface area contributed by atoms with E-state index < -0.39 is 6.04 Å². The Morgan fingerprint density at radius 1 is 1.20 bits per heavy atom. The van der Waals surface area contributed by atoms with E-state index >= 15 is 0 Å². The minimum atomic E-state index is -0.516.